The van der Waals surface area contributed by atoms with E-state index in [-0.39, 0.29) is 6.04 Å². The van der Waals surface area contributed by atoms with E-state index in [1.165, 1.54) is 4.57 Å². The highest BCUT2D eigenvalue weighted by atomic mass is 127. The predicted molar refractivity (Wildman–Crippen MR) is 90.5 cm³/mol. The topological polar surface area (TPSA) is 29.0 Å². The molecule has 1 aromatic carbocycles. The third-order valence-electron chi connectivity index (χ3n) is 3.98. The van der Waals surface area contributed by atoms with Gasteiger partial charge in [-0.3, -0.25) is 0 Å². The molecular weight excluding hydrogens is 425 g/mol. The van der Waals surface area contributed by atoms with Gasteiger partial charge in [0.05, 0.1) is 15.3 Å². The third kappa shape index (κ3) is 3.73. The summed E-state index contributed by atoms with van der Waals surface area (Å²) in [6, 6.07) is 6.51. The first-order chi connectivity index (χ1) is 10.8. The van der Waals surface area contributed by atoms with Crippen molar-refractivity contribution >= 4 is 39.2 Å². The maximum absolute atomic E-state index is 14.0. The second-order valence-electron chi connectivity index (χ2n) is 5.67. The molecule has 1 aromatic heterocycles. The van der Waals surface area contributed by atoms with Crippen LogP contribution in [0.25, 0.3) is 10.9 Å². The van der Waals surface area contributed by atoms with Crippen LogP contribution in [-0.4, -0.2) is 36.0 Å². The van der Waals surface area contributed by atoms with Gasteiger partial charge in [0, 0.05) is 17.6 Å². The first-order valence-corrected chi connectivity index (χ1v) is 8.39. The number of halogens is 5. The summed E-state index contributed by atoms with van der Waals surface area (Å²) in [6.45, 7) is -0.0156. The number of hydrogen-bond donors (Lipinski definition) is 2. The molecule has 0 radical (unpaired) electrons. The lowest BCUT2D eigenvalue weighted by atomic mass is 10.0. The first-order valence-electron chi connectivity index (χ1n) is 7.31. The van der Waals surface area contributed by atoms with Crippen LogP contribution in [-0.2, 0) is 6.54 Å². The zero-order valence-electron chi connectivity index (χ0n) is 12.1. The summed E-state index contributed by atoms with van der Waals surface area (Å²) in [5.74, 6) is 0. The lowest BCUT2D eigenvalue weighted by molar-refractivity contribution is -0.140. The van der Waals surface area contributed by atoms with E-state index in [2.05, 4.69) is 10.6 Å². The molecule has 2 aromatic rings. The van der Waals surface area contributed by atoms with E-state index in [1.807, 2.05) is 22.6 Å². The van der Waals surface area contributed by atoms with Crippen molar-refractivity contribution in [3.63, 3.8) is 0 Å². The number of rotatable bonds is 3. The predicted octanol–water partition coefficient (Wildman–Crippen LogP) is 3.92. The minimum Gasteiger partial charge on any atom is -0.379 e. The smallest absolute Gasteiger partial charge is 0.379 e. The number of alkyl halides is 4. The molecule has 1 fully saturated rings. The molecule has 23 heavy (non-hydrogen) atoms. The zero-order valence-corrected chi connectivity index (χ0v) is 14.3. The normalized spacial score (nSPS) is 22.5. The minimum absolute atomic E-state index is 0.292. The van der Waals surface area contributed by atoms with Crippen LogP contribution in [0.15, 0.2) is 24.3 Å². The molecule has 1 aliphatic heterocycles. The Balaban J connectivity index is 1.94. The van der Waals surface area contributed by atoms with Crippen molar-refractivity contribution in [1.29, 1.82) is 0 Å². The molecule has 0 amide bonds. The van der Waals surface area contributed by atoms with E-state index >= 15 is 0 Å². The zero-order chi connectivity index (χ0) is 16.6. The summed E-state index contributed by atoms with van der Waals surface area (Å²) in [7, 11) is 0. The number of anilines is 1. The van der Waals surface area contributed by atoms with Gasteiger partial charge in [-0.05, 0) is 53.8 Å². The number of aromatic nitrogens is 1. The Bertz CT molecular complexity index is 698. The Morgan fingerprint density at radius 2 is 2.13 bits per heavy atom. The van der Waals surface area contributed by atoms with Crippen molar-refractivity contribution in [2.75, 3.05) is 18.4 Å². The fourth-order valence-corrected chi connectivity index (χ4v) is 3.64. The molecule has 0 saturated carbocycles. The molecular formula is C15H16F4IN3. The summed E-state index contributed by atoms with van der Waals surface area (Å²) in [5.41, 5.74) is 1.18. The molecule has 2 N–H and O–H groups in total. The van der Waals surface area contributed by atoms with Gasteiger partial charge in [0.1, 0.15) is 12.7 Å². The van der Waals surface area contributed by atoms with Crippen LogP contribution < -0.4 is 10.6 Å². The highest BCUT2D eigenvalue weighted by Crippen LogP contribution is 2.31. The van der Waals surface area contributed by atoms with E-state index in [0.29, 0.717) is 33.3 Å². The van der Waals surface area contributed by atoms with Crippen LogP contribution in [0.1, 0.15) is 6.42 Å². The Morgan fingerprint density at radius 1 is 1.35 bits per heavy atom. The lowest BCUT2D eigenvalue weighted by Crippen LogP contribution is -2.45. The minimum atomic E-state index is -4.28. The van der Waals surface area contributed by atoms with Crippen LogP contribution in [0.2, 0.25) is 0 Å². The van der Waals surface area contributed by atoms with Gasteiger partial charge >= 0.3 is 6.18 Å². The number of fused-ring (bicyclic) bond motifs is 1. The molecule has 3 rings (SSSR count). The number of benzene rings is 1. The maximum Gasteiger partial charge on any atom is 0.406 e. The summed E-state index contributed by atoms with van der Waals surface area (Å²) in [5, 5.41) is 6.83. The van der Waals surface area contributed by atoms with Crippen molar-refractivity contribution in [3.05, 3.63) is 28.0 Å². The van der Waals surface area contributed by atoms with Gasteiger partial charge in [-0.15, -0.1) is 0 Å². The number of hydrogen-bond acceptors (Lipinski definition) is 2. The van der Waals surface area contributed by atoms with Gasteiger partial charge < -0.3 is 15.2 Å². The summed E-state index contributed by atoms with van der Waals surface area (Å²) in [4.78, 5) is 0. The van der Waals surface area contributed by atoms with Crippen molar-refractivity contribution in [2.45, 2.75) is 31.4 Å². The van der Waals surface area contributed by atoms with Crippen molar-refractivity contribution in [2.24, 2.45) is 0 Å². The van der Waals surface area contributed by atoms with Crippen LogP contribution in [0, 0.1) is 3.70 Å². The lowest BCUT2D eigenvalue weighted by Gasteiger charge is -2.28. The molecule has 0 unspecified atom stereocenters. The van der Waals surface area contributed by atoms with Gasteiger partial charge in [0.2, 0.25) is 0 Å². The summed E-state index contributed by atoms with van der Waals surface area (Å²) >= 11 is 1.90. The molecule has 0 bridgehead atoms. The Kier molecular flexibility index (Phi) is 4.73. The molecule has 126 valence electrons. The fraction of sp³-hybridized carbons (Fsp3) is 0.467. The van der Waals surface area contributed by atoms with Crippen LogP contribution in [0.5, 0.6) is 0 Å². The van der Waals surface area contributed by atoms with E-state index in [0.717, 1.165) is 6.54 Å². The number of nitrogens with one attached hydrogen (secondary N) is 2. The van der Waals surface area contributed by atoms with Crippen molar-refractivity contribution in [3.8, 4) is 0 Å². The number of nitrogens with zero attached hydrogens (tertiary/aromatic N) is 1. The summed E-state index contributed by atoms with van der Waals surface area (Å²) < 4.78 is 54.0. The largest absolute Gasteiger partial charge is 0.406 e. The number of piperidine rings is 1. The van der Waals surface area contributed by atoms with Crippen molar-refractivity contribution < 1.29 is 17.6 Å². The van der Waals surface area contributed by atoms with Crippen LogP contribution in [0.4, 0.5) is 23.2 Å². The quantitative estimate of drug-likeness (QED) is 0.559. The maximum atomic E-state index is 14.0. The van der Waals surface area contributed by atoms with E-state index in [1.54, 1.807) is 24.3 Å². The molecule has 8 heteroatoms. The fourth-order valence-electron chi connectivity index (χ4n) is 2.90. The second-order valence-corrected chi connectivity index (χ2v) is 6.77. The van der Waals surface area contributed by atoms with E-state index in [9.17, 15) is 17.6 Å². The highest BCUT2D eigenvalue weighted by molar-refractivity contribution is 14.1. The molecule has 1 saturated heterocycles. The average molecular weight is 441 g/mol. The van der Waals surface area contributed by atoms with E-state index in [4.69, 9.17) is 0 Å². The molecule has 3 nitrogen and oxygen atoms in total. The van der Waals surface area contributed by atoms with Gasteiger partial charge in [-0.2, -0.15) is 13.2 Å². The summed E-state index contributed by atoms with van der Waals surface area (Å²) in [6.07, 6.45) is -4.66. The van der Waals surface area contributed by atoms with Gasteiger partial charge in [0.15, 0.2) is 0 Å². The molecule has 0 aliphatic carbocycles. The van der Waals surface area contributed by atoms with Gasteiger partial charge in [0.25, 0.3) is 0 Å². The third-order valence-corrected chi connectivity index (χ3v) is 4.88. The Hall–Kier alpha value is -1.03. The van der Waals surface area contributed by atoms with Gasteiger partial charge in [-0.1, -0.05) is 6.07 Å². The highest BCUT2D eigenvalue weighted by Gasteiger charge is 2.30. The standard InChI is InChI=1S/C15H16F4IN3/c16-10-7-21-5-4-12(10)22-11-2-1-3-13-9(11)6-14(20)23(13)8-15(17,18)19/h1-3,6,10,12,21-22H,4-5,7-8H2/t10-,12-/m0/s1. The monoisotopic (exact) mass is 441 g/mol. The molecule has 0 spiro atoms. The van der Waals surface area contributed by atoms with Gasteiger partial charge in [-0.25, -0.2) is 4.39 Å². The Morgan fingerprint density at radius 3 is 2.83 bits per heavy atom. The average Bonchev–Trinajstić information content (AvgIpc) is 2.77. The van der Waals surface area contributed by atoms with Crippen molar-refractivity contribution in [1.82, 2.24) is 9.88 Å². The molecule has 1 aliphatic rings. The van der Waals surface area contributed by atoms with Crippen LogP contribution in [0.3, 0.4) is 0 Å². The molecule has 2 heterocycles. The SMILES string of the molecule is F[C@H]1CNCC[C@@H]1Nc1cccc2c1cc(I)n2CC(F)(F)F. The molecule has 2 atom stereocenters. The van der Waals surface area contributed by atoms with E-state index < -0.39 is 18.9 Å². The Labute approximate surface area is 144 Å². The second kappa shape index (κ2) is 6.46. The van der Waals surface area contributed by atoms with Crippen LogP contribution >= 0.6 is 22.6 Å². The first kappa shape index (κ1) is 16.8.